The number of hydrogen-bond donors (Lipinski definition) is 1. The SMILES string of the molecule is C#Cc1ccnc2ccc(-c3cnc(OC)c(NS(=O)(=O)c4ccc(F)cc4)c3)cc12. The molecule has 2 heterocycles. The number of aromatic nitrogens is 2. The van der Waals surface area contributed by atoms with Crippen LogP contribution in [0.1, 0.15) is 5.56 Å². The van der Waals surface area contributed by atoms with Gasteiger partial charge in [0.1, 0.15) is 11.5 Å². The molecule has 4 aromatic rings. The van der Waals surface area contributed by atoms with Crippen molar-refractivity contribution < 1.29 is 17.5 Å². The van der Waals surface area contributed by atoms with E-state index in [9.17, 15) is 12.8 Å². The molecule has 0 amide bonds. The monoisotopic (exact) mass is 433 g/mol. The van der Waals surface area contributed by atoms with Crippen LogP contribution < -0.4 is 9.46 Å². The minimum Gasteiger partial charge on any atom is -0.480 e. The summed E-state index contributed by atoms with van der Waals surface area (Å²) in [6, 6.07) is 13.4. The van der Waals surface area contributed by atoms with E-state index in [1.54, 1.807) is 24.5 Å². The van der Waals surface area contributed by atoms with E-state index in [2.05, 4.69) is 20.6 Å². The maximum absolute atomic E-state index is 13.2. The Morgan fingerprint density at radius 1 is 1.03 bits per heavy atom. The van der Waals surface area contributed by atoms with Gasteiger partial charge in [0.2, 0.25) is 5.88 Å². The van der Waals surface area contributed by atoms with E-state index in [1.807, 2.05) is 18.2 Å². The first kappa shape index (κ1) is 20.3. The topological polar surface area (TPSA) is 81.2 Å². The van der Waals surface area contributed by atoms with Crippen molar-refractivity contribution in [1.29, 1.82) is 0 Å². The van der Waals surface area contributed by atoms with E-state index in [1.165, 1.54) is 19.2 Å². The molecule has 0 saturated carbocycles. The number of hydrogen-bond acceptors (Lipinski definition) is 5. The van der Waals surface area contributed by atoms with Crippen LogP contribution in [0.4, 0.5) is 10.1 Å². The lowest BCUT2D eigenvalue weighted by Gasteiger charge is -2.13. The van der Waals surface area contributed by atoms with Crippen LogP contribution in [0.25, 0.3) is 22.0 Å². The summed E-state index contributed by atoms with van der Waals surface area (Å²) in [5.41, 5.74) is 3.01. The van der Waals surface area contributed by atoms with Crippen LogP contribution in [0, 0.1) is 18.2 Å². The molecule has 31 heavy (non-hydrogen) atoms. The normalized spacial score (nSPS) is 11.1. The summed E-state index contributed by atoms with van der Waals surface area (Å²) in [5.74, 6) is 2.21. The van der Waals surface area contributed by atoms with E-state index < -0.39 is 15.8 Å². The van der Waals surface area contributed by atoms with E-state index in [4.69, 9.17) is 11.2 Å². The Labute approximate surface area is 178 Å². The van der Waals surface area contributed by atoms with Crippen LogP contribution in [0.15, 0.2) is 71.9 Å². The van der Waals surface area contributed by atoms with Crippen molar-refractivity contribution in [2.75, 3.05) is 11.8 Å². The number of rotatable bonds is 5. The van der Waals surface area contributed by atoms with Gasteiger partial charge < -0.3 is 4.74 Å². The fourth-order valence-corrected chi connectivity index (χ4v) is 4.16. The molecule has 2 aromatic heterocycles. The molecule has 0 atom stereocenters. The zero-order valence-electron chi connectivity index (χ0n) is 16.3. The van der Waals surface area contributed by atoms with Crippen molar-refractivity contribution in [3.8, 4) is 29.4 Å². The van der Waals surface area contributed by atoms with Gasteiger partial charge in [-0.2, -0.15) is 0 Å². The van der Waals surface area contributed by atoms with Gasteiger partial charge in [-0.1, -0.05) is 12.0 Å². The molecule has 6 nitrogen and oxygen atoms in total. The zero-order chi connectivity index (χ0) is 22.0. The number of nitrogens with one attached hydrogen (secondary N) is 1. The number of nitrogens with zero attached hydrogens (tertiary/aromatic N) is 2. The minimum absolute atomic E-state index is 0.0863. The molecule has 1 N–H and O–H groups in total. The highest BCUT2D eigenvalue weighted by atomic mass is 32.2. The fraction of sp³-hybridized carbons (Fsp3) is 0.0435. The number of halogens is 1. The molecule has 0 fully saturated rings. The van der Waals surface area contributed by atoms with Crippen LogP contribution in [0.5, 0.6) is 5.88 Å². The zero-order valence-corrected chi connectivity index (χ0v) is 17.2. The number of pyridine rings is 2. The van der Waals surface area contributed by atoms with Gasteiger partial charge in [-0.25, -0.2) is 17.8 Å². The lowest BCUT2D eigenvalue weighted by Crippen LogP contribution is -2.14. The van der Waals surface area contributed by atoms with Crippen molar-refractivity contribution in [2.45, 2.75) is 4.90 Å². The maximum Gasteiger partial charge on any atom is 0.262 e. The summed E-state index contributed by atoms with van der Waals surface area (Å²) in [7, 11) is -2.59. The third-order valence-corrected chi connectivity index (χ3v) is 6.02. The van der Waals surface area contributed by atoms with Crippen LogP contribution in [0.2, 0.25) is 0 Å². The summed E-state index contributed by atoms with van der Waals surface area (Å²) in [5, 5.41) is 0.798. The van der Waals surface area contributed by atoms with E-state index >= 15 is 0 Å². The molecule has 0 aliphatic rings. The van der Waals surface area contributed by atoms with Gasteiger partial charge in [0.05, 0.1) is 17.5 Å². The molecule has 0 aliphatic heterocycles. The predicted octanol–water partition coefficient (Wildman–Crippen LogP) is 4.23. The lowest BCUT2D eigenvalue weighted by atomic mass is 10.0. The van der Waals surface area contributed by atoms with Gasteiger partial charge in [-0.05, 0) is 54.1 Å². The number of benzene rings is 2. The fourth-order valence-electron chi connectivity index (χ4n) is 3.11. The second-order valence-electron chi connectivity index (χ2n) is 6.58. The van der Waals surface area contributed by atoms with E-state index in [0.717, 1.165) is 28.6 Å². The standard InChI is InChI=1S/C23H16FN3O3S/c1-3-15-10-11-25-21-9-4-16(12-20(15)21)17-13-22(23(30-2)26-14-17)27-31(28,29)19-7-5-18(24)6-8-19/h1,4-14,27H,2H3. The van der Waals surface area contributed by atoms with Gasteiger partial charge in [-0.15, -0.1) is 6.42 Å². The first-order valence-corrected chi connectivity index (χ1v) is 10.6. The van der Waals surface area contributed by atoms with Gasteiger partial charge >= 0.3 is 0 Å². The smallest absolute Gasteiger partial charge is 0.262 e. The van der Waals surface area contributed by atoms with Crippen molar-refractivity contribution in [2.24, 2.45) is 0 Å². The minimum atomic E-state index is -3.98. The van der Waals surface area contributed by atoms with Crippen LogP contribution >= 0.6 is 0 Å². The Kier molecular flexibility index (Phi) is 5.28. The molecule has 0 radical (unpaired) electrons. The van der Waals surface area contributed by atoms with Crippen LogP contribution in [-0.4, -0.2) is 25.5 Å². The van der Waals surface area contributed by atoms with E-state index in [-0.39, 0.29) is 16.5 Å². The van der Waals surface area contributed by atoms with Crippen molar-refractivity contribution in [3.05, 3.63) is 78.4 Å². The van der Waals surface area contributed by atoms with Crippen LogP contribution in [-0.2, 0) is 10.0 Å². The first-order chi connectivity index (χ1) is 14.9. The molecule has 0 unspecified atom stereocenters. The highest BCUT2D eigenvalue weighted by molar-refractivity contribution is 7.92. The molecule has 0 bridgehead atoms. The maximum atomic E-state index is 13.2. The second-order valence-corrected chi connectivity index (χ2v) is 8.26. The van der Waals surface area contributed by atoms with Gasteiger partial charge in [-0.3, -0.25) is 9.71 Å². The predicted molar refractivity (Wildman–Crippen MR) is 117 cm³/mol. The second kappa shape index (κ2) is 8.05. The molecule has 2 aromatic carbocycles. The molecule has 0 spiro atoms. The average molecular weight is 433 g/mol. The number of anilines is 1. The molecular formula is C23H16FN3O3S. The number of terminal acetylenes is 1. The molecule has 8 heteroatoms. The number of fused-ring (bicyclic) bond motifs is 1. The van der Waals surface area contributed by atoms with Gasteiger partial charge in [0, 0.05) is 28.9 Å². The van der Waals surface area contributed by atoms with Crippen molar-refractivity contribution in [1.82, 2.24) is 9.97 Å². The highest BCUT2D eigenvalue weighted by Crippen LogP contribution is 2.31. The summed E-state index contributed by atoms with van der Waals surface area (Å²) in [6.45, 7) is 0. The van der Waals surface area contributed by atoms with Gasteiger partial charge in [0.25, 0.3) is 10.0 Å². The van der Waals surface area contributed by atoms with Crippen molar-refractivity contribution >= 4 is 26.6 Å². The number of sulfonamides is 1. The lowest BCUT2D eigenvalue weighted by molar-refractivity contribution is 0.400. The Bertz CT molecular complexity index is 1430. The van der Waals surface area contributed by atoms with E-state index in [0.29, 0.717) is 11.1 Å². The Morgan fingerprint density at radius 2 is 1.81 bits per heavy atom. The average Bonchev–Trinajstić information content (AvgIpc) is 2.78. The quantitative estimate of drug-likeness (QED) is 0.477. The Morgan fingerprint density at radius 3 is 2.52 bits per heavy atom. The summed E-state index contributed by atoms with van der Waals surface area (Å²) >= 11 is 0. The third-order valence-electron chi connectivity index (χ3n) is 4.64. The number of methoxy groups -OCH3 is 1. The summed E-state index contributed by atoms with van der Waals surface area (Å²) in [4.78, 5) is 8.44. The molecule has 0 saturated heterocycles. The van der Waals surface area contributed by atoms with Crippen molar-refractivity contribution in [3.63, 3.8) is 0 Å². The van der Waals surface area contributed by atoms with Gasteiger partial charge in [0.15, 0.2) is 0 Å². The summed E-state index contributed by atoms with van der Waals surface area (Å²) < 4.78 is 46.3. The molecule has 0 aliphatic carbocycles. The first-order valence-electron chi connectivity index (χ1n) is 9.09. The molecular weight excluding hydrogens is 417 g/mol. The third kappa shape index (κ3) is 4.04. The molecule has 4 rings (SSSR count). The van der Waals surface area contributed by atoms with Crippen LogP contribution in [0.3, 0.4) is 0 Å². The Hall–Kier alpha value is -3.96. The molecule has 154 valence electrons. The number of ether oxygens (including phenoxy) is 1. The Balaban J connectivity index is 1.77. The largest absolute Gasteiger partial charge is 0.480 e. The summed E-state index contributed by atoms with van der Waals surface area (Å²) in [6.07, 6.45) is 8.81. The highest BCUT2D eigenvalue weighted by Gasteiger charge is 2.18.